The molecule has 0 saturated carbocycles. The molecule has 6 heteroatoms. The predicted octanol–water partition coefficient (Wildman–Crippen LogP) is 2.87. The van der Waals surface area contributed by atoms with Crippen LogP contribution in [0.25, 0.3) is 0 Å². The average Bonchev–Trinajstić information content (AvgIpc) is 2.53. The standard InChI is InChI=1S/C17H20N2O3S/c1-13(2)12-18-17(20)14-8-10-16(11-9-14)23(21,22)19-15-6-4-3-5-7-15/h3-11,13,19H,12H2,1-2H3,(H,18,20). The summed E-state index contributed by atoms with van der Waals surface area (Å²) in [5.41, 5.74) is 0.926. The fourth-order valence-electron chi connectivity index (χ4n) is 1.90. The van der Waals surface area contributed by atoms with Crippen molar-refractivity contribution in [3.63, 3.8) is 0 Å². The van der Waals surface area contributed by atoms with Crippen LogP contribution in [-0.2, 0) is 10.0 Å². The van der Waals surface area contributed by atoms with Crippen molar-refractivity contribution in [3.05, 3.63) is 60.2 Å². The van der Waals surface area contributed by atoms with Crippen molar-refractivity contribution in [1.29, 1.82) is 0 Å². The van der Waals surface area contributed by atoms with Gasteiger partial charge in [-0.3, -0.25) is 9.52 Å². The molecule has 5 nitrogen and oxygen atoms in total. The largest absolute Gasteiger partial charge is 0.352 e. The second-order valence-electron chi connectivity index (χ2n) is 5.60. The lowest BCUT2D eigenvalue weighted by atomic mass is 10.2. The van der Waals surface area contributed by atoms with E-state index in [-0.39, 0.29) is 10.8 Å². The zero-order chi connectivity index (χ0) is 16.9. The first-order valence-corrected chi connectivity index (χ1v) is 8.83. The number of carbonyl (C=O) groups excluding carboxylic acids is 1. The molecule has 2 aromatic rings. The summed E-state index contributed by atoms with van der Waals surface area (Å²) in [6.07, 6.45) is 0. The number of rotatable bonds is 6. The molecule has 122 valence electrons. The molecular formula is C17H20N2O3S. The fraction of sp³-hybridized carbons (Fsp3) is 0.235. The SMILES string of the molecule is CC(C)CNC(=O)c1ccc(S(=O)(=O)Nc2ccccc2)cc1. The minimum atomic E-state index is -3.66. The molecular weight excluding hydrogens is 312 g/mol. The number of sulfonamides is 1. The summed E-state index contributed by atoms with van der Waals surface area (Å²) in [6.45, 7) is 4.59. The molecule has 0 aliphatic rings. The molecule has 2 N–H and O–H groups in total. The Kier molecular flexibility index (Phi) is 5.39. The van der Waals surface area contributed by atoms with Gasteiger partial charge in [-0.2, -0.15) is 0 Å². The number of carbonyl (C=O) groups is 1. The highest BCUT2D eigenvalue weighted by atomic mass is 32.2. The summed E-state index contributed by atoms with van der Waals surface area (Å²) in [6, 6.07) is 14.5. The van der Waals surface area contributed by atoms with Gasteiger partial charge in [0.25, 0.3) is 15.9 Å². The van der Waals surface area contributed by atoms with E-state index in [2.05, 4.69) is 10.0 Å². The van der Waals surface area contributed by atoms with Gasteiger partial charge in [0.05, 0.1) is 4.90 Å². The summed E-state index contributed by atoms with van der Waals surface area (Å²) in [4.78, 5) is 12.0. The maximum atomic E-state index is 12.3. The minimum absolute atomic E-state index is 0.113. The number of amides is 1. The van der Waals surface area contributed by atoms with Crippen LogP contribution >= 0.6 is 0 Å². The number of anilines is 1. The van der Waals surface area contributed by atoms with Crippen molar-refractivity contribution in [3.8, 4) is 0 Å². The lowest BCUT2D eigenvalue weighted by Gasteiger charge is -2.10. The van der Waals surface area contributed by atoms with Crippen molar-refractivity contribution < 1.29 is 13.2 Å². The van der Waals surface area contributed by atoms with E-state index >= 15 is 0 Å². The molecule has 0 bridgehead atoms. The normalized spacial score (nSPS) is 11.3. The Morgan fingerprint density at radius 1 is 1.00 bits per heavy atom. The zero-order valence-corrected chi connectivity index (χ0v) is 13.9. The second kappa shape index (κ2) is 7.28. The minimum Gasteiger partial charge on any atom is -0.352 e. The molecule has 0 radical (unpaired) electrons. The molecule has 0 aliphatic heterocycles. The van der Waals surface area contributed by atoms with Crippen LogP contribution in [0.3, 0.4) is 0 Å². The summed E-state index contributed by atoms with van der Waals surface area (Å²) >= 11 is 0. The first-order valence-electron chi connectivity index (χ1n) is 7.34. The third-order valence-electron chi connectivity index (χ3n) is 3.12. The van der Waals surface area contributed by atoms with E-state index < -0.39 is 10.0 Å². The van der Waals surface area contributed by atoms with Crippen LogP contribution in [0.1, 0.15) is 24.2 Å². The average molecular weight is 332 g/mol. The van der Waals surface area contributed by atoms with Gasteiger partial charge >= 0.3 is 0 Å². The van der Waals surface area contributed by atoms with E-state index in [1.165, 1.54) is 24.3 Å². The third-order valence-corrected chi connectivity index (χ3v) is 4.52. The van der Waals surface area contributed by atoms with Crippen LogP contribution in [0, 0.1) is 5.92 Å². The van der Waals surface area contributed by atoms with Crippen LogP contribution < -0.4 is 10.0 Å². The van der Waals surface area contributed by atoms with E-state index in [0.717, 1.165) is 0 Å². The fourth-order valence-corrected chi connectivity index (χ4v) is 2.96. The first-order chi connectivity index (χ1) is 10.9. The van der Waals surface area contributed by atoms with E-state index in [1.807, 2.05) is 19.9 Å². The Bertz CT molecular complexity index is 754. The maximum absolute atomic E-state index is 12.3. The quantitative estimate of drug-likeness (QED) is 0.854. The van der Waals surface area contributed by atoms with Crippen LogP contribution in [0.5, 0.6) is 0 Å². The van der Waals surface area contributed by atoms with Gasteiger partial charge in [0.15, 0.2) is 0 Å². The van der Waals surface area contributed by atoms with Crippen molar-refractivity contribution >= 4 is 21.6 Å². The number of nitrogens with one attached hydrogen (secondary N) is 2. The molecule has 2 aromatic carbocycles. The highest BCUT2D eigenvalue weighted by Gasteiger charge is 2.15. The molecule has 0 aromatic heterocycles. The molecule has 0 fully saturated rings. The molecule has 2 rings (SSSR count). The summed E-state index contributed by atoms with van der Waals surface area (Å²) in [7, 11) is -3.66. The number of hydrogen-bond donors (Lipinski definition) is 2. The van der Waals surface area contributed by atoms with Gasteiger partial charge in [0, 0.05) is 17.8 Å². The summed E-state index contributed by atoms with van der Waals surface area (Å²) in [5, 5.41) is 2.79. The first kappa shape index (κ1) is 17.0. The van der Waals surface area contributed by atoms with Gasteiger partial charge in [-0.25, -0.2) is 8.42 Å². The van der Waals surface area contributed by atoms with Crippen LogP contribution in [0.15, 0.2) is 59.5 Å². The number of hydrogen-bond acceptors (Lipinski definition) is 3. The van der Waals surface area contributed by atoms with Crippen molar-refractivity contribution in [1.82, 2.24) is 5.32 Å². The highest BCUT2D eigenvalue weighted by molar-refractivity contribution is 7.92. The molecule has 0 aliphatic carbocycles. The van der Waals surface area contributed by atoms with E-state index in [4.69, 9.17) is 0 Å². The van der Waals surface area contributed by atoms with Crippen LogP contribution in [0.4, 0.5) is 5.69 Å². The monoisotopic (exact) mass is 332 g/mol. The Balaban J connectivity index is 2.11. The molecule has 0 saturated heterocycles. The zero-order valence-electron chi connectivity index (χ0n) is 13.1. The van der Waals surface area contributed by atoms with E-state index in [0.29, 0.717) is 23.7 Å². The summed E-state index contributed by atoms with van der Waals surface area (Å²) in [5.74, 6) is 0.146. The molecule has 23 heavy (non-hydrogen) atoms. The van der Waals surface area contributed by atoms with Crippen molar-refractivity contribution in [2.24, 2.45) is 5.92 Å². The van der Waals surface area contributed by atoms with E-state index in [1.54, 1.807) is 24.3 Å². The second-order valence-corrected chi connectivity index (χ2v) is 7.28. The number of para-hydroxylation sites is 1. The van der Waals surface area contributed by atoms with Crippen molar-refractivity contribution in [2.75, 3.05) is 11.3 Å². The smallest absolute Gasteiger partial charge is 0.261 e. The van der Waals surface area contributed by atoms with Gasteiger partial charge in [-0.15, -0.1) is 0 Å². The topological polar surface area (TPSA) is 75.3 Å². The molecule has 0 spiro atoms. The van der Waals surface area contributed by atoms with Gasteiger partial charge < -0.3 is 5.32 Å². The molecule has 0 atom stereocenters. The maximum Gasteiger partial charge on any atom is 0.261 e. The Labute approximate surface area is 136 Å². The Hall–Kier alpha value is -2.34. The lowest BCUT2D eigenvalue weighted by Crippen LogP contribution is -2.27. The molecule has 0 unspecified atom stereocenters. The third kappa shape index (κ3) is 4.82. The highest BCUT2D eigenvalue weighted by Crippen LogP contribution is 2.16. The van der Waals surface area contributed by atoms with Gasteiger partial charge in [-0.1, -0.05) is 32.0 Å². The number of benzene rings is 2. The van der Waals surface area contributed by atoms with Crippen molar-refractivity contribution in [2.45, 2.75) is 18.7 Å². The van der Waals surface area contributed by atoms with Gasteiger partial charge in [0.2, 0.25) is 0 Å². The molecule has 1 amide bonds. The van der Waals surface area contributed by atoms with E-state index in [9.17, 15) is 13.2 Å². The Morgan fingerprint density at radius 3 is 2.17 bits per heavy atom. The lowest BCUT2D eigenvalue weighted by molar-refractivity contribution is 0.0949. The van der Waals surface area contributed by atoms with Crippen LogP contribution in [-0.4, -0.2) is 20.9 Å². The summed E-state index contributed by atoms with van der Waals surface area (Å²) < 4.78 is 27.1. The van der Waals surface area contributed by atoms with Crippen LogP contribution in [0.2, 0.25) is 0 Å². The van der Waals surface area contributed by atoms with Gasteiger partial charge in [0.1, 0.15) is 0 Å². The predicted molar refractivity (Wildman–Crippen MR) is 90.9 cm³/mol. The Morgan fingerprint density at radius 2 is 1.61 bits per heavy atom. The molecule has 0 heterocycles. The van der Waals surface area contributed by atoms with Gasteiger partial charge in [-0.05, 0) is 42.3 Å².